The SMILES string of the molecule is Cc1cccc(C[n+]2c(O)[n+](-c3cccc(Cl)c3)c(O)c3ccccc32)c1. The number of rotatable bonds is 3. The zero-order valence-corrected chi connectivity index (χ0v) is 15.6. The van der Waals surface area contributed by atoms with Gasteiger partial charge in [-0.2, -0.15) is 0 Å². The summed E-state index contributed by atoms with van der Waals surface area (Å²) < 4.78 is 3.19. The Hall–Kier alpha value is -3.11. The van der Waals surface area contributed by atoms with E-state index in [0.717, 1.165) is 16.6 Å². The maximum Gasteiger partial charge on any atom is 0.638 e. The van der Waals surface area contributed by atoms with Crippen molar-refractivity contribution in [3.05, 3.63) is 88.9 Å². The summed E-state index contributed by atoms with van der Waals surface area (Å²) in [7, 11) is 0. The standard InChI is InChI=1S/C22H17ClN2O2/c1-15-6-4-7-16(12-15)14-24-20-11-3-2-10-19(20)21(26)25(22(24)27)18-9-5-8-17(23)13-18/h2-13H,14H2,1H3/p+2. The molecule has 4 nitrogen and oxygen atoms in total. The molecule has 134 valence electrons. The van der Waals surface area contributed by atoms with E-state index in [1.165, 1.54) is 4.57 Å². The van der Waals surface area contributed by atoms with Crippen LogP contribution in [-0.4, -0.2) is 10.2 Å². The number of benzene rings is 3. The maximum absolute atomic E-state index is 11.1. The Bertz CT molecular complexity index is 1160. The number of aryl methyl sites for hydroxylation is 1. The fourth-order valence-electron chi connectivity index (χ4n) is 3.34. The molecule has 4 aromatic rings. The Morgan fingerprint density at radius 1 is 0.889 bits per heavy atom. The lowest BCUT2D eigenvalue weighted by Gasteiger charge is -2.06. The second-order valence-corrected chi connectivity index (χ2v) is 6.97. The largest absolute Gasteiger partial charge is 0.638 e. The normalized spacial score (nSPS) is 11.0. The van der Waals surface area contributed by atoms with Gasteiger partial charge in [-0.3, -0.25) is 0 Å². The molecule has 0 saturated heterocycles. The molecule has 0 fully saturated rings. The molecule has 1 aromatic heterocycles. The first kappa shape index (κ1) is 17.3. The predicted octanol–water partition coefficient (Wildman–Crippen LogP) is 3.83. The van der Waals surface area contributed by atoms with Crippen LogP contribution in [0.25, 0.3) is 16.6 Å². The van der Waals surface area contributed by atoms with Gasteiger partial charge in [0.15, 0.2) is 11.9 Å². The van der Waals surface area contributed by atoms with E-state index in [1.807, 2.05) is 49.4 Å². The minimum absolute atomic E-state index is 0.0362. The van der Waals surface area contributed by atoms with Crippen molar-refractivity contribution in [1.29, 1.82) is 0 Å². The highest BCUT2D eigenvalue weighted by Crippen LogP contribution is 2.24. The first-order valence-corrected chi connectivity index (χ1v) is 9.02. The molecule has 0 spiro atoms. The van der Waals surface area contributed by atoms with Gasteiger partial charge in [0, 0.05) is 28.8 Å². The van der Waals surface area contributed by atoms with Gasteiger partial charge in [0.25, 0.3) is 0 Å². The first-order chi connectivity index (χ1) is 13.0. The zero-order chi connectivity index (χ0) is 19.0. The van der Waals surface area contributed by atoms with Gasteiger partial charge in [0.1, 0.15) is 0 Å². The molecule has 0 saturated carbocycles. The third kappa shape index (κ3) is 3.20. The lowest BCUT2D eigenvalue weighted by atomic mass is 10.1. The molecule has 0 atom stereocenters. The van der Waals surface area contributed by atoms with Crippen molar-refractivity contribution in [2.24, 2.45) is 0 Å². The van der Waals surface area contributed by atoms with Crippen LogP contribution >= 0.6 is 11.6 Å². The number of aromatic hydroxyl groups is 2. The number of aromatic nitrogens is 2. The van der Waals surface area contributed by atoms with Crippen LogP contribution in [0.3, 0.4) is 0 Å². The summed E-state index contributed by atoms with van der Waals surface area (Å²) in [5.41, 5.74) is 3.54. The molecule has 5 heteroatoms. The van der Waals surface area contributed by atoms with E-state index in [2.05, 4.69) is 6.07 Å². The van der Waals surface area contributed by atoms with Crippen LogP contribution < -0.4 is 9.13 Å². The zero-order valence-electron chi connectivity index (χ0n) is 14.8. The Morgan fingerprint density at radius 2 is 1.67 bits per heavy atom. The van der Waals surface area contributed by atoms with Crippen LogP contribution in [0.1, 0.15) is 11.1 Å². The first-order valence-electron chi connectivity index (χ1n) is 8.64. The Balaban J connectivity index is 2.00. The van der Waals surface area contributed by atoms with E-state index in [4.69, 9.17) is 11.6 Å². The molecule has 3 aromatic carbocycles. The lowest BCUT2D eigenvalue weighted by molar-refractivity contribution is -0.776. The molecule has 0 aliphatic carbocycles. The van der Waals surface area contributed by atoms with E-state index in [0.29, 0.717) is 22.6 Å². The predicted molar refractivity (Wildman–Crippen MR) is 104 cm³/mol. The monoisotopic (exact) mass is 378 g/mol. The summed E-state index contributed by atoms with van der Waals surface area (Å²) in [6.45, 7) is 2.50. The van der Waals surface area contributed by atoms with E-state index in [-0.39, 0.29) is 11.9 Å². The topological polar surface area (TPSA) is 48.2 Å². The van der Waals surface area contributed by atoms with Gasteiger partial charge in [0.05, 0.1) is 0 Å². The van der Waals surface area contributed by atoms with Crippen molar-refractivity contribution in [2.75, 3.05) is 0 Å². The average molecular weight is 379 g/mol. The number of hydrogen-bond donors (Lipinski definition) is 2. The lowest BCUT2D eigenvalue weighted by Crippen LogP contribution is -2.47. The highest BCUT2D eigenvalue weighted by molar-refractivity contribution is 6.30. The summed E-state index contributed by atoms with van der Waals surface area (Å²) in [5.74, 6) is -0.0362. The summed E-state index contributed by atoms with van der Waals surface area (Å²) >= 11 is 6.12. The van der Waals surface area contributed by atoms with E-state index < -0.39 is 0 Å². The van der Waals surface area contributed by atoms with Crippen LogP contribution in [0.15, 0.2) is 72.8 Å². The smallest absolute Gasteiger partial charge is 0.459 e. The van der Waals surface area contributed by atoms with Gasteiger partial charge < -0.3 is 10.2 Å². The highest BCUT2D eigenvalue weighted by atomic mass is 35.5. The molecule has 0 amide bonds. The van der Waals surface area contributed by atoms with Crippen LogP contribution in [0.4, 0.5) is 0 Å². The van der Waals surface area contributed by atoms with Gasteiger partial charge in [-0.1, -0.05) is 58.1 Å². The molecule has 0 unspecified atom stereocenters. The molecular weight excluding hydrogens is 360 g/mol. The molecule has 0 aliphatic heterocycles. The van der Waals surface area contributed by atoms with Gasteiger partial charge in [0.2, 0.25) is 11.2 Å². The Morgan fingerprint density at radius 3 is 2.44 bits per heavy atom. The average Bonchev–Trinajstić information content (AvgIpc) is 2.65. The molecule has 4 rings (SSSR count). The number of fused-ring (bicyclic) bond motifs is 1. The summed E-state index contributed by atoms with van der Waals surface area (Å²) in [4.78, 5) is 0. The molecule has 0 bridgehead atoms. The van der Waals surface area contributed by atoms with E-state index in [9.17, 15) is 10.2 Å². The minimum Gasteiger partial charge on any atom is -0.459 e. The van der Waals surface area contributed by atoms with Crippen LogP contribution in [-0.2, 0) is 6.54 Å². The van der Waals surface area contributed by atoms with Crippen LogP contribution in [0, 0.1) is 6.92 Å². The molecular formula is C22H19ClN2O2+2. The van der Waals surface area contributed by atoms with Gasteiger partial charge in [-0.05, 0) is 29.7 Å². The van der Waals surface area contributed by atoms with Crippen molar-refractivity contribution in [3.8, 4) is 17.6 Å². The third-order valence-electron chi connectivity index (χ3n) is 4.58. The second kappa shape index (κ2) is 6.89. The van der Waals surface area contributed by atoms with Gasteiger partial charge >= 0.3 is 11.9 Å². The van der Waals surface area contributed by atoms with Crippen molar-refractivity contribution in [3.63, 3.8) is 0 Å². The summed E-state index contributed by atoms with van der Waals surface area (Å²) in [6.07, 6.45) is 0. The van der Waals surface area contributed by atoms with Crippen molar-refractivity contribution < 1.29 is 19.3 Å². The molecule has 1 heterocycles. The number of halogens is 1. The maximum atomic E-state index is 11.1. The van der Waals surface area contributed by atoms with Crippen molar-refractivity contribution >= 4 is 22.5 Å². The van der Waals surface area contributed by atoms with Crippen molar-refractivity contribution in [2.45, 2.75) is 13.5 Å². The number of hydrogen-bond acceptors (Lipinski definition) is 2. The number of para-hydroxylation sites is 1. The van der Waals surface area contributed by atoms with Gasteiger partial charge in [-0.15, -0.1) is 0 Å². The highest BCUT2D eigenvalue weighted by Gasteiger charge is 2.35. The molecule has 0 aliphatic rings. The van der Waals surface area contributed by atoms with Crippen LogP contribution in [0.2, 0.25) is 5.02 Å². The van der Waals surface area contributed by atoms with Crippen molar-refractivity contribution in [1.82, 2.24) is 0 Å². The second-order valence-electron chi connectivity index (χ2n) is 6.53. The number of nitrogens with zero attached hydrogens (tertiary/aromatic N) is 2. The quantitative estimate of drug-likeness (QED) is 0.532. The Labute approximate surface area is 162 Å². The van der Waals surface area contributed by atoms with Crippen LogP contribution in [0.5, 0.6) is 11.9 Å². The molecule has 2 N–H and O–H groups in total. The fraction of sp³-hybridized carbons (Fsp3) is 0.0909. The summed E-state index contributed by atoms with van der Waals surface area (Å²) in [6, 6.07) is 22.5. The fourth-order valence-corrected chi connectivity index (χ4v) is 3.53. The molecule has 27 heavy (non-hydrogen) atoms. The minimum atomic E-state index is -0.0741. The van der Waals surface area contributed by atoms with E-state index in [1.54, 1.807) is 28.8 Å². The molecule has 0 radical (unpaired) electrons. The van der Waals surface area contributed by atoms with Gasteiger partial charge in [-0.25, -0.2) is 0 Å². The van der Waals surface area contributed by atoms with E-state index >= 15 is 0 Å². The third-order valence-corrected chi connectivity index (χ3v) is 4.81. The Kier molecular flexibility index (Phi) is 4.42. The summed E-state index contributed by atoms with van der Waals surface area (Å²) in [5, 5.41) is 23.1.